The van der Waals surface area contributed by atoms with Crippen molar-refractivity contribution < 1.29 is 28.6 Å². The summed E-state index contributed by atoms with van der Waals surface area (Å²) >= 11 is 0. The molecule has 3 aromatic rings. The van der Waals surface area contributed by atoms with Crippen molar-refractivity contribution in [2.45, 2.75) is 64.3 Å². The van der Waals surface area contributed by atoms with Crippen molar-refractivity contribution in [3.05, 3.63) is 82.2 Å². The zero-order valence-corrected chi connectivity index (χ0v) is 22.3. The SMILES string of the molecule is CCC(CC)N1C(=O)c2c(N=NC3=C([O-])c4cc(Oc5ccco5)ccc4C3=O)ccc(C3CCCC3)c2C1=O. The van der Waals surface area contributed by atoms with Crippen LogP contribution in [0.4, 0.5) is 5.69 Å². The summed E-state index contributed by atoms with van der Waals surface area (Å²) < 4.78 is 10.8. The molecule has 2 amide bonds. The number of imide groups is 1. The Morgan fingerprint density at radius 2 is 1.73 bits per heavy atom. The van der Waals surface area contributed by atoms with Crippen LogP contribution in [0.5, 0.6) is 11.7 Å². The minimum absolute atomic E-state index is 0.149. The molecule has 2 aliphatic carbocycles. The summed E-state index contributed by atoms with van der Waals surface area (Å²) in [6.45, 7) is 3.90. The molecule has 1 aliphatic heterocycles. The molecule has 1 fully saturated rings. The number of furan rings is 1. The summed E-state index contributed by atoms with van der Waals surface area (Å²) in [5.74, 6) is -1.07. The van der Waals surface area contributed by atoms with Gasteiger partial charge in [0.25, 0.3) is 17.8 Å². The lowest BCUT2D eigenvalue weighted by Crippen LogP contribution is -2.39. The molecule has 9 nitrogen and oxygen atoms in total. The predicted molar refractivity (Wildman–Crippen MR) is 144 cm³/mol. The summed E-state index contributed by atoms with van der Waals surface area (Å²) in [5, 5.41) is 21.4. The van der Waals surface area contributed by atoms with Crippen LogP contribution in [-0.2, 0) is 0 Å². The van der Waals surface area contributed by atoms with E-state index in [4.69, 9.17) is 9.15 Å². The van der Waals surface area contributed by atoms with Gasteiger partial charge in [-0.05, 0) is 73.1 Å². The van der Waals surface area contributed by atoms with Gasteiger partial charge in [-0.25, -0.2) is 0 Å². The molecule has 1 saturated carbocycles. The van der Waals surface area contributed by atoms with Gasteiger partial charge in [0.05, 0.1) is 23.1 Å². The Labute approximate surface area is 231 Å². The monoisotopic (exact) mass is 538 g/mol. The van der Waals surface area contributed by atoms with Crippen LogP contribution in [0.2, 0.25) is 0 Å². The van der Waals surface area contributed by atoms with E-state index in [1.54, 1.807) is 24.3 Å². The van der Waals surface area contributed by atoms with Gasteiger partial charge in [-0.15, -0.1) is 10.2 Å². The van der Waals surface area contributed by atoms with E-state index in [1.165, 1.54) is 23.3 Å². The van der Waals surface area contributed by atoms with Gasteiger partial charge < -0.3 is 14.3 Å². The van der Waals surface area contributed by atoms with Gasteiger partial charge in [-0.3, -0.25) is 19.3 Å². The molecule has 204 valence electrons. The fourth-order valence-corrected chi connectivity index (χ4v) is 6.00. The molecule has 0 saturated heterocycles. The highest BCUT2D eigenvalue weighted by atomic mass is 16.6. The molecule has 2 heterocycles. The lowest BCUT2D eigenvalue weighted by molar-refractivity contribution is -0.244. The molecule has 0 bridgehead atoms. The standard InChI is InChI=1S/C31H29N3O6/c1-3-18(4-2)34-30(37)25-20(17-8-5-6-9-17)13-14-23(26(25)31(34)38)32-33-27-28(35)21-12-11-19(16-22(21)29(27)36)40-24-10-7-15-39-24/h7,10-18,36H,3-6,8-9H2,1-2H3/p-1. The quantitative estimate of drug-likeness (QED) is 0.237. The summed E-state index contributed by atoms with van der Waals surface area (Å²) in [6.07, 6.45) is 6.83. The average Bonchev–Trinajstić information content (AvgIpc) is 3.76. The first-order valence-electron chi connectivity index (χ1n) is 13.7. The van der Waals surface area contributed by atoms with E-state index in [0.717, 1.165) is 31.2 Å². The van der Waals surface area contributed by atoms with Gasteiger partial charge in [0.1, 0.15) is 11.4 Å². The van der Waals surface area contributed by atoms with Crippen molar-refractivity contribution in [3.63, 3.8) is 0 Å². The zero-order valence-electron chi connectivity index (χ0n) is 22.3. The number of carbonyl (C=O) groups excluding carboxylic acids is 3. The molecule has 0 spiro atoms. The first-order chi connectivity index (χ1) is 19.4. The molecule has 0 unspecified atom stereocenters. The van der Waals surface area contributed by atoms with Crippen molar-refractivity contribution in [2.24, 2.45) is 10.2 Å². The number of benzene rings is 2. The number of hydrogen-bond acceptors (Lipinski definition) is 8. The van der Waals surface area contributed by atoms with Crippen LogP contribution in [0.25, 0.3) is 5.76 Å². The molecule has 0 atom stereocenters. The highest BCUT2D eigenvalue weighted by Crippen LogP contribution is 2.43. The van der Waals surface area contributed by atoms with E-state index < -0.39 is 17.4 Å². The summed E-state index contributed by atoms with van der Waals surface area (Å²) in [4.78, 5) is 41.7. The molecule has 40 heavy (non-hydrogen) atoms. The number of fused-ring (bicyclic) bond motifs is 2. The summed E-state index contributed by atoms with van der Waals surface area (Å²) in [7, 11) is 0. The Balaban J connectivity index is 1.37. The number of allylic oxidation sites excluding steroid dienone is 1. The van der Waals surface area contributed by atoms with Gasteiger partial charge in [-0.2, -0.15) is 0 Å². The van der Waals surface area contributed by atoms with E-state index in [9.17, 15) is 19.5 Å². The van der Waals surface area contributed by atoms with Crippen LogP contribution in [0.15, 0.2) is 69.1 Å². The van der Waals surface area contributed by atoms with Crippen molar-refractivity contribution in [3.8, 4) is 11.7 Å². The molecule has 0 N–H and O–H groups in total. The predicted octanol–water partition coefficient (Wildman–Crippen LogP) is 6.52. The molecular formula is C31H28N3O6-. The second-order valence-corrected chi connectivity index (χ2v) is 10.3. The first kappa shape index (κ1) is 25.7. The Kier molecular flexibility index (Phi) is 6.57. The van der Waals surface area contributed by atoms with Crippen LogP contribution in [0.3, 0.4) is 0 Å². The third kappa shape index (κ3) is 4.13. The van der Waals surface area contributed by atoms with E-state index in [2.05, 4.69) is 10.2 Å². The maximum Gasteiger partial charge on any atom is 0.289 e. The maximum absolute atomic E-state index is 13.7. The lowest BCUT2D eigenvalue weighted by Gasteiger charge is -2.23. The fourth-order valence-electron chi connectivity index (χ4n) is 6.00. The number of ketones is 1. The minimum Gasteiger partial charge on any atom is -0.870 e. The second-order valence-electron chi connectivity index (χ2n) is 10.3. The number of carbonyl (C=O) groups is 3. The van der Waals surface area contributed by atoms with Gasteiger partial charge >= 0.3 is 0 Å². The van der Waals surface area contributed by atoms with E-state index in [0.29, 0.717) is 24.2 Å². The van der Waals surface area contributed by atoms with Gasteiger partial charge in [0.2, 0.25) is 5.78 Å². The largest absolute Gasteiger partial charge is 0.870 e. The average molecular weight is 539 g/mol. The number of amides is 2. The van der Waals surface area contributed by atoms with Crippen LogP contribution in [-0.4, -0.2) is 28.5 Å². The van der Waals surface area contributed by atoms with Gasteiger partial charge in [0.15, 0.2) is 0 Å². The second kappa shape index (κ2) is 10.2. The fraction of sp³-hybridized carbons (Fsp3) is 0.323. The van der Waals surface area contributed by atoms with E-state index >= 15 is 0 Å². The smallest absolute Gasteiger partial charge is 0.289 e. The van der Waals surface area contributed by atoms with Crippen LogP contribution in [0, 0.1) is 0 Å². The number of rotatable bonds is 8. The third-order valence-corrected chi connectivity index (χ3v) is 8.07. The molecule has 0 radical (unpaired) electrons. The summed E-state index contributed by atoms with van der Waals surface area (Å²) in [6, 6.07) is 11.1. The summed E-state index contributed by atoms with van der Waals surface area (Å²) in [5.41, 5.74) is 1.62. The minimum atomic E-state index is -0.589. The van der Waals surface area contributed by atoms with Crippen LogP contribution in [0.1, 0.15) is 100 Å². The van der Waals surface area contributed by atoms with Crippen molar-refractivity contribution in [2.75, 3.05) is 0 Å². The zero-order chi connectivity index (χ0) is 28.0. The van der Waals surface area contributed by atoms with Crippen molar-refractivity contribution >= 4 is 29.0 Å². The Hall–Kier alpha value is -4.53. The van der Waals surface area contributed by atoms with Crippen molar-refractivity contribution in [1.82, 2.24) is 4.90 Å². The first-order valence-corrected chi connectivity index (χ1v) is 13.7. The maximum atomic E-state index is 13.7. The van der Waals surface area contributed by atoms with Crippen molar-refractivity contribution in [1.29, 1.82) is 0 Å². The van der Waals surface area contributed by atoms with E-state index in [-0.39, 0.29) is 51.9 Å². The topological polar surface area (TPSA) is 125 Å². The molecule has 6 rings (SSSR count). The highest BCUT2D eigenvalue weighted by molar-refractivity contribution is 6.24. The number of azo groups is 1. The molecule has 2 aromatic carbocycles. The lowest BCUT2D eigenvalue weighted by atomic mass is 9.90. The van der Waals surface area contributed by atoms with E-state index in [1.807, 2.05) is 19.9 Å². The number of Topliss-reactive ketones (excluding diaryl/α,β-unsaturated/α-hetero) is 1. The highest BCUT2D eigenvalue weighted by Gasteiger charge is 2.43. The Morgan fingerprint density at radius 1 is 0.975 bits per heavy atom. The van der Waals surface area contributed by atoms with Gasteiger partial charge in [0, 0.05) is 17.7 Å². The molecule has 1 aromatic heterocycles. The van der Waals surface area contributed by atoms with Gasteiger partial charge in [-0.1, -0.05) is 38.5 Å². The Morgan fingerprint density at radius 3 is 2.42 bits per heavy atom. The molecule has 3 aliphatic rings. The number of ether oxygens (including phenoxy) is 1. The third-order valence-electron chi connectivity index (χ3n) is 8.07. The van der Waals surface area contributed by atoms with Crippen LogP contribution < -0.4 is 9.84 Å². The Bertz CT molecular complexity index is 1580. The molecular weight excluding hydrogens is 510 g/mol. The van der Waals surface area contributed by atoms with Crippen LogP contribution >= 0.6 is 0 Å². The number of hydrogen-bond donors (Lipinski definition) is 0. The normalized spacial score (nSPS) is 17.2. The molecule has 9 heteroatoms. The number of nitrogens with zero attached hydrogens (tertiary/aromatic N) is 3.